The van der Waals surface area contributed by atoms with Gasteiger partial charge < -0.3 is 5.73 Å². The van der Waals surface area contributed by atoms with Crippen LogP contribution in [0.2, 0.25) is 0 Å². The fourth-order valence-corrected chi connectivity index (χ4v) is 3.16. The van der Waals surface area contributed by atoms with Crippen molar-refractivity contribution in [1.82, 2.24) is 4.98 Å². The summed E-state index contributed by atoms with van der Waals surface area (Å²) in [5.41, 5.74) is 7.18. The Bertz CT molecular complexity index is 496. The van der Waals surface area contributed by atoms with Gasteiger partial charge in [0.15, 0.2) is 4.34 Å². The number of rotatable bonds is 5. The van der Waals surface area contributed by atoms with Crippen LogP contribution in [0.25, 0.3) is 11.3 Å². The van der Waals surface area contributed by atoms with E-state index in [0.29, 0.717) is 12.2 Å². The van der Waals surface area contributed by atoms with E-state index in [9.17, 15) is 4.79 Å². The van der Waals surface area contributed by atoms with Crippen LogP contribution in [-0.2, 0) is 4.79 Å². The molecule has 0 saturated heterocycles. The van der Waals surface area contributed by atoms with Gasteiger partial charge in [0.2, 0.25) is 5.91 Å². The number of benzene rings is 1. The first-order chi connectivity index (χ1) is 8.25. The van der Waals surface area contributed by atoms with Crippen LogP contribution in [0.4, 0.5) is 0 Å². The molecule has 3 nitrogen and oxygen atoms in total. The number of nitrogens with two attached hydrogens (primary N) is 1. The van der Waals surface area contributed by atoms with Gasteiger partial charge in [-0.15, -0.1) is 11.3 Å². The Morgan fingerprint density at radius 1 is 1.35 bits per heavy atom. The van der Waals surface area contributed by atoms with E-state index in [-0.39, 0.29) is 5.91 Å². The fourth-order valence-electron chi connectivity index (χ4n) is 1.30. The Hall–Kier alpha value is -1.33. The molecule has 2 rings (SSSR count). The summed E-state index contributed by atoms with van der Waals surface area (Å²) in [7, 11) is 0. The maximum absolute atomic E-state index is 10.6. The number of carbonyl (C=O) groups is 1. The predicted molar refractivity (Wildman–Crippen MR) is 72.1 cm³/mol. The van der Waals surface area contributed by atoms with Gasteiger partial charge in [0, 0.05) is 23.1 Å². The van der Waals surface area contributed by atoms with E-state index in [0.717, 1.165) is 15.6 Å². The highest BCUT2D eigenvalue weighted by molar-refractivity contribution is 8.01. The number of thioether (sulfide) groups is 1. The minimum absolute atomic E-state index is 0.266. The fraction of sp³-hybridized carbons (Fsp3) is 0.167. The second-order valence-electron chi connectivity index (χ2n) is 3.43. The highest BCUT2D eigenvalue weighted by Crippen LogP contribution is 2.28. The first kappa shape index (κ1) is 12.1. The molecule has 17 heavy (non-hydrogen) atoms. The van der Waals surface area contributed by atoms with Crippen molar-refractivity contribution in [2.75, 3.05) is 5.75 Å². The normalized spacial score (nSPS) is 10.4. The van der Waals surface area contributed by atoms with Crippen LogP contribution in [0.15, 0.2) is 40.1 Å². The molecule has 0 spiro atoms. The molecular weight excluding hydrogens is 252 g/mol. The number of amides is 1. The number of hydrogen-bond acceptors (Lipinski definition) is 4. The summed E-state index contributed by atoms with van der Waals surface area (Å²) in [5.74, 6) is 0.425. The maximum Gasteiger partial charge on any atom is 0.218 e. The van der Waals surface area contributed by atoms with Crippen LogP contribution in [0.1, 0.15) is 6.42 Å². The molecule has 1 aromatic carbocycles. The van der Waals surface area contributed by atoms with Gasteiger partial charge in [0.1, 0.15) is 0 Å². The van der Waals surface area contributed by atoms with Crippen molar-refractivity contribution >= 4 is 29.0 Å². The molecule has 0 saturated carbocycles. The van der Waals surface area contributed by atoms with Crippen LogP contribution in [-0.4, -0.2) is 16.6 Å². The Morgan fingerprint density at radius 3 is 2.82 bits per heavy atom. The minimum atomic E-state index is -0.266. The van der Waals surface area contributed by atoms with Crippen LogP contribution in [0.3, 0.4) is 0 Å². The molecular formula is C12H12N2OS2. The van der Waals surface area contributed by atoms with Crippen molar-refractivity contribution in [1.29, 1.82) is 0 Å². The summed E-state index contributed by atoms with van der Waals surface area (Å²) >= 11 is 3.17. The van der Waals surface area contributed by atoms with Crippen molar-refractivity contribution in [3.05, 3.63) is 35.7 Å². The number of carbonyl (C=O) groups excluding carboxylic acids is 1. The molecule has 0 unspecified atom stereocenters. The topological polar surface area (TPSA) is 56.0 Å². The zero-order valence-electron chi connectivity index (χ0n) is 9.13. The summed E-state index contributed by atoms with van der Waals surface area (Å²) in [6.07, 6.45) is 0.394. The van der Waals surface area contributed by atoms with E-state index in [2.05, 4.69) is 4.98 Å². The second kappa shape index (κ2) is 5.84. The number of nitrogens with zero attached hydrogens (tertiary/aromatic N) is 1. The monoisotopic (exact) mass is 264 g/mol. The molecule has 0 aliphatic heterocycles. The third-order valence-electron chi connectivity index (χ3n) is 2.13. The van der Waals surface area contributed by atoms with Gasteiger partial charge in [0.25, 0.3) is 0 Å². The second-order valence-corrected chi connectivity index (χ2v) is 5.63. The zero-order chi connectivity index (χ0) is 12.1. The Balaban J connectivity index is 1.99. The van der Waals surface area contributed by atoms with Crippen LogP contribution in [0, 0.1) is 0 Å². The van der Waals surface area contributed by atoms with Crippen molar-refractivity contribution in [2.24, 2.45) is 5.73 Å². The average Bonchev–Trinajstić information content (AvgIpc) is 2.78. The average molecular weight is 264 g/mol. The van der Waals surface area contributed by atoms with Crippen molar-refractivity contribution in [3.63, 3.8) is 0 Å². The quantitative estimate of drug-likeness (QED) is 0.845. The van der Waals surface area contributed by atoms with Gasteiger partial charge in [-0.05, 0) is 0 Å². The summed E-state index contributed by atoms with van der Waals surface area (Å²) in [6, 6.07) is 10.0. The lowest BCUT2D eigenvalue weighted by atomic mass is 10.2. The van der Waals surface area contributed by atoms with Gasteiger partial charge >= 0.3 is 0 Å². The van der Waals surface area contributed by atoms with Crippen LogP contribution >= 0.6 is 23.1 Å². The Kier molecular flexibility index (Phi) is 4.17. The highest BCUT2D eigenvalue weighted by Gasteiger charge is 2.05. The van der Waals surface area contributed by atoms with E-state index >= 15 is 0 Å². The molecule has 0 radical (unpaired) electrons. The maximum atomic E-state index is 10.6. The summed E-state index contributed by atoms with van der Waals surface area (Å²) in [6.45, 7) is 0. The highest BCUT2D eigenvalue weighted by atomic mass is 32.2. The standard InChI is InChI=1S/C12H12N2OS2/c13-11(15)6-7-16-12-14-10(8-17-12)9-4-2-1-3-5-9/h1-5,8H,6-7H2,(H2,13,15). The molecule has 2 aromatic rings. The van der Waals surface area contributed by atoms with E-state index < -0.39 is 0 Å². The number of thiazole rings is 1. The molecule has 88 valence electrons. The first-order valence-electron chi connectivity index (χ1n) is 5.18. The largest absolute Gasteiger partial charge is 0.370 e. The van der Waals surface area contributed by atoms with E-state index in [1.54, 1.807) is 23.1 Å². The molecule has 2 N–H and O–H groups in total. The van der Waals surface area contributed by atoms with E-state index in [1.165, 1.54) is 0 Å². The lowest BCUT2D eigenvalue weighted by molar-refractivity contribution is -0.117. The first-order valence-corrected chi connectivity index (χ1v) is 7.04. The molecule has 5 heteroatoms. The molecule has 1 aromatic heterocycles. The summed E-state index contributed by atoms with van der Waals surface area (Å²) in [4.78, 5) is 15.1. The third-order valence-corrected chi connectivity index (χ3v) is 4.15. The summed E-state index contributed by atoms with van der Waals surface area (Å²) < 4.78 is 0.977. The lowest BCUT2D eigenvalue weighted by Crippen LogP contribution is -2.10. The number of primary amides is 1. The van der Waals surface area contributed by atoms with Gasteiger partial charge in [-0.3, -0.25) is 4.79 Å². The SMILES string of the molecule is NC(=O)CCSc1nc(-c2ccccc2)cs1. The van der Waals surface area contributed by atoms with E-state index in [1.807, 2.05) is 35.7 Å². The Morgan fingerprint density at radius 2 is 2.12 bits per heavy atom. The molecule has 1 amide bonds. The van der Waals surface area contributed by atoms with Gasteiger partial charge in [-0.2, -0.15) is 0 Å². The lowest BCUT2D eigenvalue weighted by Gasteiger charge is -1.95. The molecule has 1 heterocycles. The van der Waals surface area contributed by atoms with Gasteiger partial charge in [-0.25, -0.2) is 4.98 Å². The summed E-state index contributed by atoms with van der Waals surface area (Å²) in [5, 5.41) is 2.03. The number of hydrogen-bond donors (Lipinski definition) is 1. The van der Waals surface area contributed by atoms with E-state index in [4.69, 9.17) is 5.73 Å². The molecule has 0 aliphatic carbocycles. The zero-order valence-corrected chi connectivity index (χ0v) is 10.8. The number of aromatic nitrogens is 1. The minimum Gasteiger partial charge on any atom is -0.370 e. The van der Waals surface area contributed by atoms with Crippen molar-refractivity contribution in [2.45, 2.75) is 10.8 Å². The van der Waals surface area contributed by atoms with Gasteiger partial charge in [-0.1, -0.05) is 42.1 Å². The van der Waals surface area contributed by atoms with Crippen LogP contribution < -0.4 is 5.73 Å². The van der Waals surface area contributed by atoms with Crippen LogP contribution in [0.5, 0.6) is 0 Å². The smallest absolute Gasteiger partial charge is 0.218 e. The van der Waals surface area contributed by atoms with Gasteiger partial charge in [0.05, 0.1) is 5.69 Å². The predicted octanol–water partition coefficient (Wildman–Crippen LogP) is 2.78. The molecule has 0 fully saturated rings. The molecule has 0 aliphatic rings. The molecule has 0 bridgehead atoms. The Labute approximate surface area is 108 Å². The van der Waals surface area contributed by atoms with Crippen molar-refractivity contribution < 1.29 is 4.79 Å². The third kappa shape index (κ3) is 3.57. The molecule has 0 atom stereocenters. The van der Waals surface area contributed by atoms with Crippen molar-refractivity contribution in [3.8, 4) is 11.3 Å².